The highest BCUT2D eigenvalue weighted by Crippen LogP contribution is 2.34. The summed E-state index contributed by atoms with van der Waals surface area (Å²) < 4.78 is 44.3. The fraction of sp³-hybridized carbons (Fsp3) is 0.581. The zero-order valence-electron chi connectivity index (χ0n) is 27.3. The van der Waals surface area contributed by atoms with Crippen molar-refractivity contribution >= 4 is 31.0 Å². The quantitative estimate of drug-likeness (QED) is 0.329. The predicted molar refractivity (Wildman–Crippen MR) is 168 cm³/mol. The van der Waals surface area contributed by atoms with E-state index in [4.69, 9.17) is 9.47 Å². The molecular formula is C31H45BF2N7O4+. The van der Waals surface area contributed by atoms with Gasteiger partial charge in [0.2, 0.25) is 11.8 Å². The third-order valence-electron chi connectivity index (χ3n) is 8.14. The minimum atomic E-state index is -2.65. The van der Waals surface area contributed by atoms with Gasteiger partial charge in [-0.25, -0.2) is 13.1 Å². The normalized spacial score (nSPS) is 19.8. The lowest BCUT2D eigenvalue weighted by molar-refractivity contribution is -0.342. The van der Waals surface area contributed by atoms with Crippen LogP contribution in [0.15, 0.2) is 30.1 Å². The summed E-state index contributed by atoms with van der Waals surface area (Å²) in [7, 11) is -0.716. The van der Waals surface area contributed by atoms with Gasteiger partial charge in [0.25, 0.3) is 0 Å². The van der Waals surface area contributed by atoms with Crippen LogP contribution in [0.3, 0.4) is 0 Å². The molecule has 2 aliphatic rings. The summed E-state index contributed by atoms with van der Waals surface area (Å²) in [6.07, 6.45) is 8.11. The second kappa shape index (κ2) is 14.2. The highest BCUT2D eigenvalue weighted by molar-refractivity contribution is 6.35. The highest BCUT2D eigenvalue weighted by Gasteiger charge is 2.45. The summed E-state index contributed by atoms with van der Waals surface area (Å²) in [4.78, 5) is 25.0. The van der Waals surface area contributed by atoms with Gasteiger partial charge < -0.3 is 24.7 Å². The molecule has 0 radical (unpaired) electrons. The number of nitrogens with one attached hydrogen (secondary N) is 2. The molecule has 1 unspecified atom stereocenters. The van der Waals surface area contributed by atoms with Gasteiger partial charge in [0, 0.05) is 81.5 Å². The molecule has 0 aliphatic carbocycles. The predicted octanol–water partition coefficient (Wildman–Crippen LogP) is 3.34. The third kappa shape index (κ3) is 8.75. The Morgan fingerprint density at radius 3 is 2.60 bits per heavy atom. The molecule has 0 aromatic carbocycles. The number of aryl methyl sites for hydroxylation is 3. The average molecular weight is 629 g/mol. The summed E-state index contributed by atoms with van der Waals surface area (Å²) in [5.74, 6) is -1.30. The Hall–Kier alpha value is -3.65. The standard InChI is InChI=1S/C31H44BF2N7O4/c1-21-17-22(2)39(7)26(21)18-25-11-10-24(41(25)32(33)34)9-8-16-40-19-23(37-38-40)12-14-35-27(42)13-15-36-29(43)28-30(3,4)20-44-31(5,6)45-28/h10-11,17-19,28H,8-9,12-16,20H2,1-7H3,(H-,35,36,42,43)/p+1. The maximum Gasteiger partial charge on any atom is 0.934 e. The molecule has 2 aromatic heterocycles. The first-order valence-electron chi connectivity index (χ1n) is 15.4. The molecule has 2 aromatic rings. The Bertz CT molecular complexity index is 1490. The first-order valence-corrected chi connectivity index (χ1v) is 15.4. The van der Waals surface area contributed by atoms with Crippen molar-refractivity contribution in [3.63, 3.8) is 0 Å². The number of nitrogens with zero attached hydrogens (tertiary/aromatic N) is 5. The topological polar surface area (TPSA) is 115 Å². The molecule has 4 rings (SSSR count). The molecule has 2 N–H and O–H groups in total. The van der Waals surface area contributed by atoms with E-state index in [0.29, 0.717) is 56.1 Å². The zero-order chi connectivity index (χ0) is 32.9. The first kappa shape index (κ1) is 34.2. The van der Waals surface area contributed by atoms with Crippen molar-refractivity contribution in [2.45, 2.75) is 85.7 Å². The maximum atomic E-state index is 14.0. The van der Waals surface area contributed by atoms with Gasteiger partial charge in [-0.15, -0.1) is 5.10 Å². The van der Waals surface area contributed by atoms with Crippen molar-refractivity contribution in [2.75, 3.05) is 19.7 Å². The molecule has 1 saturated heterocycles. The number of hydrogen-bond donors (Lipinski definition) is 2. The summed E-state index contributed by atoms with van der Waals surface area (Å²) in [6.45, 7) is 12.8. The lowest BCUT2D eigenvalue weighted by atomic mass is 9.85. The van der Waals surface area contributed by atoms with Crippen molar-refractivity contribution in [2.24, 2.45) is 12.5 Å². The number of halogens is 2. The van der Waals surface area contributed by atoms with E-state index in [0.717, 1.165) is 21.4 Å². The van der Waals surface area contributed by atoms with Crippen LogP contribution in [0.25, 0.3) is 6.08 Å². The fourth-order valence-corrected chi connectivity index (χ4v) is 5.47. The Labute approximate surface area is 263 Å². The average Bonchev–Trinajstić information content (AvgIpc) is 3.65. The van der Waals surface area contributed by atoms with Crippen LogP contribution in [-0.4, -0.2) is 80.6 Å². The van der Waals surface area contributed by atoms with Crippen molar-refractivity contribution in [1.82, 2.24) is 30.2 Å². The van der Waals surface area contributed by atoms with Crippen LogP contribution >= 0.6 is 0 Å². The molecule has 1 atom stereocenters. The second-order valence-electron chi connectivity index (χ2n) is 12.8. The van der Waals surface area contributed by atoms with Crippen molar-refractivity contribution in [1.29, 1.82) is 0 Å². The van der Waals surface area contributed by atoms with Crippen LogP contribution in [0.2, 0.25) is 0 Å². The molecule has 0 bridgehead atoms. The molecule has 4 heterocycles. The van der Waals surface area contributed by atoms with Gasteiger partial charge in [0.05, 0.1) is 18.0 Å². The number of aromatic nitrogens is 4. The smallest absolute Gasteiger partial charge is 0.356 e. The van der Waals surface area contributed by atoms with Crippen LogP contribution in [0, 0.1) is 19.3 Å². The van der Waals surface area contributed by atoms with E-state index < -0.39 is 24.7 Å². The van der Waals surface area contributed by atoms with Crippen molar-refractivity contribution in [3.8, 4) is 0 Å². The van der Waals surface area contributed by atoms with Gasteiger partial charge >= 0.3 is 7.40 Å². The molecule has 2 aliphatic heterocycles. The van der Waals surface area contributed by atoms with Crippen LogP contribution in [0.1, 0.15) is 69.6 Å². The molecule has 0 saturated carbocycles. The second-order valence-corrected chi connectivity index (χ2v) is 12.8. The van der Waals surface area contributed by atoms with E-state index in [2.05, 4.69) is 20.9 Å². The highest BCUT2D eigenvalue weighted by atomic mass is 19.2. The van der Waals surface area contributed by atoms with Crippen LogP contribution < -0.4 is 10.6 Å². The van der Waals surface area contributed by atoms with Crippen LogP contribution in [-0.2, 0) is 39.1 Å². The molecular weight excluding hydrogens is 583 g/mol. The molecule has 1 fully saturated rings. The molecule has 0 spiro atoms. The first-order chi connectivity index (χ1) is 21.2. The largest absolute Gasteiger partial charge is 0.934 e. The van der Waals surface area contributed by atoms with Gasteiger partial charge in [-0.3, -0.25) is 14.3 Å². The minimum Gasteiger partial charge on any atom is -0.356 e. The third-order valence-corrected chi connectivity index (χ3v) is 8.14. The van der Waals surface area contributed by atoms with Gasteiger partial charge in [0.1, 0.15) is 6.10 Å². The lowest BCUT2D eigenvalue weighted by Crippen LogP contribution is -2.56. The number of amides is 2. The minimum absolute atomic E-state index is 0.135. The van der Waals surface area contributed by atoms with E-state index in [1.54, 1.807) is 43.0 Å². The van der Waals surface area contributed by atoms with Crippen molar-refractivity contribution in [3.05, 3.63) is 52.8 Å². The number of allylic oxidation sites excluding steroid dienone is 2. The van der Waals surface area contributed by atoms with Gasteiger partial charge in [-0.05, 0) is 45.7 Å². The number of carbonyl (C=O) groups is 2. The summed E-state index contributed by atoms with van der Waals surface area (Å²) in [5.41, 5.74) is 4.28. The van der Waals surface area contributed by atoms with E-state index >= 15 is 0 Å². The Kier molecular flexibility index (Phi) is 10.8. The van der Waals surface area contributed by atoms with E-state index in [1.807, 2.05) is 45.4 Å². The molecule has 2 amide bonds. The Morgan fingerprint density at radius 2 is 1.91 bits per heavy atom. The molecule has 45 heavy (non-hydrogen) atoms. The summed E-state index contributed by atoms with van der Waals surface area (Å²) in [6, 6.07) is 2.04. The zero-order valence-corrected chi connectivity index (χ0v) is 27.3. The van der Waals surface area contributed by atoms with E-state index in [9.17, 15) is 18.2 Å². The summed E-state index contributed by atoms with van der Waals surface area (Å²) in [5, 5.41) is 13.9. The maximum absolute atomic E-state index is 14.0. The Balaban J connectivity index is 1.18. The van der Waals surface area contributed by atoms with Gasteiger partial charge in [-0.2, -0.15) is 0 Å². The molecule has 14 heteroatoms. The molecule has 11 nitrogen and oxygen atoms in total. The fourth-order valence-electron chi connectivity index (χ4n) is 5.47. The van der Waals surface area contributed by atoms with Gasteiger partial charge in [0.15, 0.2) is 17.2 Å². The van der Waals surface area contributed by atoms with Gasteiger partial charge in [-0.1, -0.05) is 19.1 Å². The number of hydrogen-bond acceptors (Lipinski definition) is 6. The SMILES string of the molecule is Cc1cc(C)n(C)c1C=C1C=CC(CCCn2cc(CCNC(=O)CCNC(=O)C3OC(C)(C)OCC3(C)C)nn2)=[N+]1B(F)F. The van der Waals surface area contributed by atoms with Crippen molar-refractivity contribution < 1.29 is 32.2 Å². The van der Waals surface area contributed by atoms with Crippen LogP contribution in [0.5, 0.6) is 0 Å². The van der Waals surface area contributed by atoms with E-state index in [-0.39, 0.29) is 24.8 Å². The lowest BCUT2D eigenvalue weighted by Gasteiger charge is -2.44. The monoisotopic (exact) mass is 628 g/mol. The Morgan fingerprint density at radius 1 is 1.16 bits per heavy atom. The number of carbonyl (C=O) groups excluding carboxylic acids is 2. The number of rotatable bonds is 13. The van der Waals surface area contributed by atoms with Crippen LogP contribution in [0.4, 0.5) is 8.63 Å². The molecule has 244 valence electrons. The summed E-state index contributed by atoms with van der Waals surface area (Å²) >= 11 is 0. The van der Waals surface area contributed by atoms with E-state index in [1.165, 1.54) is 0 Å². The number of ether oxygens (including phenoxy) is 2.